The fourth-order valence-corrected chi connectivity index (χ4v) is 4.41. The number of nitrogens with one attached hydrogen (secondary N) is 1. The van der Waals surface area contributed by atoms with E-state index >= 15 is 0 Å². The summed E-state index contributed by atoms with van der Waals surface area (Å²) in [4.78, 5) is 16.4. The largest absolute Gasteiger partial charge is 0.443 e. The maximum absolute atomic E-state index is 12.4. The number of nitrogens with zero attached hydrogens (tertiary/aromatic N) is 2. The molecule has 7 nitrogen and oxygen atoms in total. The smallest absolute Gasteiger partial charge is 0.255 e. The van der Waals surface area contributed by atoms with Crippen LogP contribution in [0.3, 0.4) is 0 Å². The lowest BCUT2D eigenvalue weighted by molar-refractivity contribution is 0.102. The third kappa shape index (κ3) is 2.96. The van der Waals surface area contributed by atoms with Crippen molar-refractivity contribution >= 4 is 38.4 Å². The van der Waals surface area contributed by atoms with E-state index in [-0.39, 0.29) is 11.7 Å². The Balaban J connectivity index is 1.52. The quantitative estimate of drug-likeness (QED) is 0.778. The third-order valence-electron chi connectivity index (χ3n) is 4.11. The van der Waals surface area contributed by atoms with Gasteiger partial charge in [-0.25, -0.2) is 13.4 Å². The number of anilines is 2. The summed E-state index contributed by atoms with van der Waals surface area (Å²) >= 11 is 0. The van der Waals surface area contributed by atoms with Gasteiger partial charge in [-0.15, -0.1) is 0 Å². The molecule has 0 atom stereocenters. The zero-order valence-electron chi connectivity index (χ0n) is 13.2. The summed E-state index contributed by atoms with van der Waals surface area (Å²) in [5.74, 6) is -0.113. The molecule has 3 aromatic rings. The molecule has 0 bridgehead atoms. The molecule has 1 amide bonds. The number of benzene rings is 2. The van der Waals surface area contributed by atoms with Crippen molar-refractivity contribution < 1.29 is 17.6 Å². The van der Waals surface area contributed by atoms with Crippen LogP contribution in [0.2, 0.25) is 0 Å². The third-order valence-corrected chi connectivity index (χ3v) is 5.97. The summed E-state index contributed by atoms with van der Waals surface area (Å²) < 4.78 is 30.4. The Morgan fingerprint density at radius 1 is 1.16 bits per heavy atom. The van der Waals surface area contributed by atoms with Crippen molar-refractivity contribution in [2.45, 2.75) is 6.42 Å². The average molecular weight is 357 g/mol. The molecular formula is C17H15N3O4S. The molecule has 1 saturated heterocycles. The molecule has 1 aliphatic rings. The van der Waals surface area contributed by atoms with Crippen molar-refractivity contribution in [3.63, 3.8) is 0 Å². The van der Waals surface area contributed by atoms with Crippen molar-refractivity contribution in [3.8, 4) is 0 Å². The van der Waals surface area contributed by atoms with Crippen molar-refractivity contribution in [1.82, 2.24) is 4.98 Å². The first-order valence-electron chi connectivity index (χ1n) is 7.78. The van der Waals surface area contributed by atoms with Gasteiger partial charge in [-0.3, -0.25) is 9.10 Å². The number of hydrogen-bond acceptors (Lipinski definition) is 5. The molecule has 0 saturated carbocycles. The van der Waals surface area contributed by atoms with Gasteiger partial charge in [0.25, 0.3) is 5.91 Å². The molecule has 1 N–H and O–H groups in total. The molecule has 25 heavy (non-hydrogen) atoms. The predicted molar refractivity (Wildman–Crippen MR) is 94.2 cm³/mol. The number of fused-ring (bicyclic) bond motifs is 1. The minimum Gasteiger partial charge on any atom is -0.443 e. The highest BCUT2D eigenvalue weighted by molar-refractivity contribution is 7.93. The molecule has 2 aromatic carbocycles. The van der Waals surface area contributed by atoms with E-state index < -0.39 is 10.0 Å². The minimum atomic E-state index is -3.22. The number of oxazole rings is 1. The number of sulfonamides is 1. The zero-order valence-corrected chi connectivity index (χ0v) is 14.0. The van der Waals surface area contributed by atoms with Crippen LogP contribution >= 0.6 is 0 Å². The molecule has 4 rings (SSSR count). The van der Waals surface area contributed by atoms with Crippen LogP contribution in [0.25, 0.3) is 11.1 Å². The van der Waals surface area contributed by atoms with Crippen LogP contribution in [0.5, 0.6) is 0 Å². The number of carbonyl (C=O) groups is 1. The fraction of sp³-hybridized carbons (Fsp3) is 0.176. The van der Waals surface area contributed by atoms with Gasteiger partial charge in [-0.2, -0.15) is 0 Å². The molecule has 0 unspecified atom stereocenters. The SMILES string of the molecule is O=C(Nc1ccc2ocnc2c1)c1ccc(N2CCCS2(=O)=O)cc1. The van der Waals surface area contributed by atoms with Crippen molar-refractivity contribution in [2.75, 3.05) is 21.9 Å². The second kappa shape index (κ2) is 5.89. The molecule has 8 heteroatoms. The molecule has 1 fully saturated rings. The minimum absolute atomic E-state index is 0.166. The molecule has 0 spiro atoms. The Bertz CT molecular complexity index is 1040. The van der Waals surface area contributed by atoms with Gasteiger partial charge < -0.3 is 9.73 Å². The summed E-state index contributed by atoms with van der Waals surface area (Å²) in [5, 5.41) is 2.79. The van der Waals surface area contributed by atoms with E-state index in [9.17, 15) is 13.2 Å². The average Bonchev–Trinajstić information content (AvgIpc) is 3.20. The summed E-state index contributed by atoms with van der Waals surface area (Å²) in [5.41, 5.74) is 2.94. The maximum atomic E-state index is 12.4. The Kier molecular flexibility index (Phi) is 3.69. The van der Waals surface area contributed by atoms with Crippen LogP contribution < -0.4 is 9.62 Å². The first-order chi connectivity index (χ1) is 12.0. The first kappa shape index (κ1) is 15.6. The Hall–Kier alpha value is -2.87. The standard InChI is InChI=1S/C17H15N3O4S/c21-17(19-13-4-7-16-15(10-13)18-11-24-16)12-2-5-14(6-3-12)20-8-1-9-25(20,22)23/h2-7,10-11H,1,8-9H2,(H,19,21). The Morgan fingerprint density at radius 2 is 1.96 bits per heavy atom. The van der Waals surface area contributed by atoms with E-state index in [1.807, 2.05) is 0 Å². The van der Waals surface area contributed by atoms with Crippen LogP contribution in [0.4, 0.5) is 11.4 Å². The van der Waals surface area contributed by atoms with Crippen molar-refractivity contribution in [3.05, 3.63) is 54.4 Å². The zero-order chi connectivity index (χ0) is 17.4. The van der Waals surface area contributed by atoms with E-state index in [2.05, 4.69) is 10.3 Å². The second-order valence-corrected chi connectivity index (χ2v) is 7.79. The van der Waals surface area contributed by atoms with Gasteiger partial charge in [-0.05, 0) is 48.9 Å². The second-order valence-electron chi connectivity index (χ2n) is 5.78. The number of amides is 1. The molecule has 2 heterocycles. The lowest BCUT2D eigenvalue weighted by Gasteiger charge is -2.17. The van der Waals surface area contributed by atoms with Crippen LogP contribution in [-0.4, -0.2) is 31.6 Å². The van der Waals surface area contributed by atoms with Crippen LogP contribution in [0.1, 0.15) is 16.8 Å². The van der Waals surface area contributed by atoms with Gasteiger partial charge in [0.1, 0.15) is 5.52 Å². The highest BCUT2D eigenvalue weighted by atomic mass is 32.2. The number of aromatic nitrogens is 1. The summed E-state index contributed by atoms with van der Waals surface area (Å²) in [7, 11) is -3.22. The molecule has 0 aliphatic carbocycles. The Morgan fingerprint density at radius 3 is 2.68 bits per heavy atom. The monoisotopic (exact) mass is 357 g/mol. The highest BCUT2D eigenvalue weighted by Crippen LogP contribution is 2.24. The number of hydrogen-bond donors (Lipinski definition) is 1. The van der Waals surface area contributed by atoms with Gasteiger partial charge in [0.05, 0.1) is 11.4 Å². The highest BCUT2D eigenvalue weighted by Gasteiger charge is 2.28. The molecule has 0 radical (unpaired) electrons. The Labute approximate surface area is 144 Å². The van der Waals surface area contributed by atoms with Gasteiger partial charge >= 0.3 is 0 Å². The van der Waals surface area contributed by atoms with Crippen molar-refractivity contribution in [2.24, 2.45) is 0 Å². The van der Waals surface area contributed by atoms with Crippen LogP contribution in [0.15, 0.2) is 53.3 Å². The fourth-order valence-electron chi connectivity index (χ4n) is 2.85. The van der Waals surface area contributed by atoms with Gasteiger partial charge in [-0.1, -0.05) is 0 Å². The molecular weight excluding hydrogens is 342 g/mol. The molecule has 1 aromatic heterocycles. The van der Waals surface area contributed by atoms with E-state index in [4.69, 9.17) is 4.42 Å². The maximum Gasteiger partial charge on any atom is 0.255 e. The van der Waals surface area contributed by atoms with Crippen LogP contribution in [0, 0.1) is 0 Å². The van der Waals surface area contributed by atoms with E-state index in [0.29, 0.717) is 41.0 Å². The van der Waals surface area contributed by atoms with E-state index in [0.717, 1.165) is 0 Å². The topological polar surface area (TPSA) is 92.5 Å². The van der Waals surface area contributed by atoms with Gasteiger partial charge in [0.2, 0.25) is 10.0 Å². The summed E-state index contributed by atoms with van der Waals surface area (Å²) in [6.45, 7) is 0.478. The van der Waals surface area contributed by atoms with Gasteiger partial charge in [0.15, 0.2) is 12.0 Å². The van der Waals surface area contributed by atoms with E-state index in [1.165, 1.54) is 10.7 Å². The normalized spacial score (nSPS) is 16.2. The molecule has 1 aliphatic heterocycles. The van der Waals surface area contributed by atoms with Gasteiger partial charge in [0, 0.05) is 17.8 Å². The summed E-state index contributed by atoms with van der Waals surface area (Å²) in [6.07, 6.45) is 1.97. The lowest BCUT2D eigenvalue weighted by Crippen LogP contribution is -2.25. The molecule has 128 valence electrons. The van der Waals surface area contributed by atoms with Crippen molar-refractivity contribution in [1.29, 1.82) is 0 Å². The van der Waals surface area contributed by atoms with E-state index in [1.54, 1.807) is 42.5 Å². The lowest BCUT2D eigenvalue weighted by atomic mass is 10.2. The number of carbonyl (C=O) groups excluding carboxylic acids is 1. The first-order valence-corrected chi connectivity index (χ1v) is 9.39. The predicted octanol–water partition coefficient (Wildman–Crippen LogP) is 2.62. The number of rotatable bonds is 3. The summed E-state index contributed by atoms with van der Waals surface area (Å²) in [6, 6.07) is 11.7. The van der Waals surface area contributed by atoms with Crippen LogP contribution in [-0.2, 0) is 10.0 Å².